The molecule has 0 fully saturated rings. The van der Waals surface area contributed by atoms with Crippen molar-refractivity contribution in [2.24, 2.45) is 10.7 Å². The average molecular weight is 405 g/mol. The van der Waals surface area contributed by atoms with Gasteiger partial charge in [-0.1, -0.05) is 6.07 Å². The number of nitrogens with two attached hydrogens (primary N) is 1. The van der Waals surface area contributed by atoms with Gasteiger partial charge in [-0.15, -0.1) is 0 Å². The molecule has 1 aromatic carbocycles. The van der Waals surface area contributed by atoms with E-state index in [-0.39, 0.29) is 12.6 Å². The van der Waals surface area contributed by atoms with E-state index in [1.165, 1.54) is 6.20 Å². The molecule has 154 valence electrons. The summed E-state index contributed by atoms with van der Waals surface area (Å²) in [6.45, 7) is 4.61. The van der Waals surface area contributed by atoms with E-state index >= 15 is 0 Å². The number of carbonyl (C=O) groups excluding carboxylic acids is 1. The molecule has 0 aliphatic carbocycles. The lowest BCUT2D eigenvalue weighted by Gasteiger charge is -2.16. The van der Waals surface area contributed by atoms with E-state index in [1.807, 2.05) is 13.8 Å². The lowest BCUT2D eigenvalue weighted by molar-refractivity contribution is 0.0535. The second-order valence-electron chi connectivity index (χ2n) is 7.00. The maximum Gasteiger partial charge on any atom is 0.338 e. The molecule has 1 aliphatic rings. The molecule has 0 spiro atoms. The number of fused-ring (bicyclic) bond motifs is 1. The Kier molecular flexibility index (Phi) is 6.57. The van der Waals surface area contributed by atoms with Crippen molar-refractivity contribution in [2.45, 2.75) is 26.6 Å². The van der Waals surface area contributed by atoms with Crippen LogP contribution in [-0.4, -0.2) is 35.4 Å². The molecular weight excluding hydrogens is 382 g/mol. The fourth-order valence-corrected chi connectivity index (χ4v) is 3.19. The number of aromatic nitrogens is 1. The van der Waals surface area contributed by atoms with E-state index in [9.17, 15) is 9.90 Å². The predicted octanol–water partition coefficient (Wildman–Crippen LogP) is 2.11. The molecule has 3 rings (SSSR count). The number of rotatable bonds is 7. The number of hydrogen-bond acceptors (Lipinski definition) is 8. The van der Waals surface area contributed by atoms with Crippen LogP contribution >= 0.6 is 0 Å². The second kappa shape index (κ2) is 9.31. The highest BCUT2D eigenvalue weighted by atomic mass is 16.5. The monoisotopic (exact) mass is 405 g/mol. The van der Waals surface area contributed by atoms with Crippen LogP contribution in [0.15, 0.2) is 41.2 Å². The summed E-state index contributed by atoms with van der Waals surface area (Å²) in [4.78, 5) is 20.1. The third-order valence-corrected chi connectivity index (χ3v) is 5.02. The Morgan fingerprint density at radius 1 is 1.50 bits per heavy atom. The van der Waals surface area contributed by atoms with Gasteiger partial charge in [-0.05, 0) is 48.4 Å². The van der Waals surface area contributed by atoms with Crippen LogP contribution < -0.4 is 11.1 Å². The molecule has 0 unspecified atom stereocenters. The first-order chi connectivity index (χ1) is 14.4. The first kappa shape index (κ1) is 21.2. The van der Waals surface area contributed by atoms with Crippen molar-refractivity contribution >= 4 is 18.0 Å². The Bertz CT molecular complexity index is 1070. The number of pyridine rings is 1. The molecule has 1 aromatic heterocycles. The number of aliphatic imine (C=N–C) groups is 1. The first-order valence-electron chi connectivity index (χ1n) is 9.44. The summed E-state index contributed by atoms with van der Waals surface area (Å²) in [5.41, 5.74) is 10.7. The van der Waals surface area contributed by atoms with Gasteiger partial charge >= 0.3 is 5.97 Å². The molecular formula is C22H23N5O3. The molecule has 0 amide bonds. The van der Waals surface area contributed by atoms with Gasteiger partial charge in [0.2, 0.25) is 0 Å². The number of ether oxygens (including phenoxy) is 1. The Labute approximate surface area is 174 Å². The van der Waals surface area contributed by atoms with Crippen molar-refractivity contribution in [3.8, 4) is 6.07 Å². The van der Waals surface area contributed by atoms with Gasteiger partial charge in [-0.2, -0.15) is 5.26 Å². The predicted molar refractivity (Wildman–Crippen MR) is 112 cm³/mol. The van der Waals surface area contributed by atoms with Gasteiger partial charge in [0.05, 0.1) is 23.3 Å². The average Bonchev–Trinajstić information content (AvgIpc) is 3.13. The van der Waals surface area contributed by atoms with Crippen LogP contribution in [0.4, 0.5) is 5.82 Å². The van der Waals surface area contributed by atoms with Crippen molar-refractivity contribution in [3.05, 3.63) is 69.5 Å². The minimum absolute atomic E-state index is 0.241. The summed E-state index contributed by atoms with van der Waals surface area (Å²) in [6, 6.07) is 7.16. The van der Waals surface area contributed by atoms with Crippen LogP contribution in [0.5, 0.6) is 0 Å². The number of nitriles is 1. The van der Waals surface area contributed by atoms with Gasteiger partial charge in [-0.3, -0.25) is 0 Å². The number of aliphatic hydroxyl groups excluding tert-OH is 1. The summed E-state index contributed by atoms with van der Waals surface area (Å²) in [5.74, 6) is 0.0938. The Morgan fingerprint density at radius 3 is 3.03 bits per heavy atom. The Hall–Kier alpha value is -3.54. The Balaban J connectivity index is 1.59. The van der Waals surface area contributed by atoms with Crippen molar-refractivity contribution in [1.29, 1.82) is 5.26 Å². The maximum absolute atomic E-state index is 11.6. The van der Waals surface area contributed by atoms with Crippen molar-refractivity contribution in [2.75, 3.05) is 13.1 Å². The minimum atomic E-state index is -0.751. The standard InChI is InChI=1S/C22H23N5O3/c1-13-8-26-21(5-16(13)7-24)27-10-15(6-23)9-25-11-20(28)17-3-4-18-19(14(17)2)12-30-22(18)29/h3-6,8,10,20,25,28H,9,11-12,23H2,1-2H3/t20-/m0/s1. The minimum Gasteiger partial charge on any atom is -0.457 e. The topological polar surface area (TPSA) is 134 Å². The molecule has 8 heteroatoms. The number of cyclic esters (lactones) is 1. The lowest BCUT2D eigenvalue weighted by atomic mass is 9.95. The molecule has 2 aromatic rings. The first-order valence-corrected chi connectivity index (χ1v) is 9.44. The lowest BCUT2D eigenvalue weighted by Crippen LogP contribution is -2.25. The van der Waals surface area contributed by atoms with Gasteiger partial charge in [0.1, 0.15) is 6.61 Å². The number of benzene rings is 1. The quantitative estimate of drug-likeness (QED) is 0.474. The van der Waals surface area contributed by atoms with Gasteiger partial charge in [0, 0.05) is 37.1 Å². The van der Waals surface area contributed by atoms with E-state index in [0.29, 0.717) is 35.6 Å². The van der Waals surface area contributed by atoms with Crippen LogP contribution in [0.25, 0.3) is 0 Å². The molecule has 2 heterocycles. The molecule has 1 aliphatic heterocycles. The van der Waals surface area contributed by atoms with Crippen LogP contribution in [0.1, 0.15) is 44.3 Å². The van der Waals surface area contributed by atoms with Gasteiger partial charge in [0.25, 0.3) is 0 Å². The highest BCUT2D eigenvalue weighted by molar-refractivity contribution is 5.94. The molecule has 30 heavy (non-hydrogen) atoms. The highest BCUT2D eigenvalue weighted by Gasteiger charge is 2.25. The molecule has 8 nitrogen and oxygen atoms in total. The summed E-state index contributed by atoms with van der Waals surface area (Å²) in [6.07, 6.45) is 3.84. The van der Waals surface area contributed by atoms with E-state index in [4.69, 9.17) is 15.7 Å². The van der Waals surface area contributed by atoms with E-state index in [2.05, 4.69) is 21.4 Å². The van der Waals surface area contributed by atoms with Crippen molar-refractivity contribution in [1.82, 2.24) is 10.3 Å². The normalized spacial score (nSPS) is 14.5. The molecule has 0 radical (unpaired) electrons. The summed E-state index contributed by atoms with van der Waals surface area (Å²) < 4.78 is 5.06. The molecule has 4 N–H and O–H groups in total. The van der Waals surface area contributed by atoms with Gasteiger partial charge in [0.15, 0.2) is 5.82 Å². The van der Waals surface area contributed by atoms with E-state index in [0.717, 1.165) is 22.3 Å². The number of esters is 1. The smallest absolute Gasteiger partial charge is 0.338 e. The zero-order chi connectivity index (χ0) is 21.7. The van der Waals surface area contributed by atoms with Crippen LogP contribution in [0.2, 0.25) is 0 Å². The number of carbonyl (C=O) groups is 1. The zero-order valence-corrected chi connectivity index (χ0v) is 16.8. The van der Waals surface area contributed by atoms with Gasteiger partial charge < -0.3 is 20.9 Å². The number of nitrogens with one attached hydrogen (secondary N) is 1. The maximum atomic E-state index is 11.6. The second-order valence-corrected chi connectivity index (χ2v) is 7.00. The molecule has 0 saturated carbocycles. The summed E-state index contributed by atoms with van der Waals surface area (Å²) >= 11 is 0. The summed E-state index contributed by atoms with van der Waals surface area (Å²) in [5, 5.41) is 22.8. The van der Waals surface area contributed by atoms with Crippen LogP contribution in [-0.2, 0) is 11.3 Å². The van der Waals surface area contributed by atoms with Crippen LogP contribution in [0.3, 0.4) is 0 Å². The van der Waals surface area contributed by atoms with E-state index < -0.39 is 6.10 Å². The molecule has 1 atom stereocenters. The van der Waals surface area contributed by atoms with Crippen molar-refractivity contribution < 1.29 is 14.6 Å². The molecule has 0 bridgehead atoms. The largest absolute Gasteiger partial charge is 0.457 e. The number of hydrogen-bond donors (Lipinski definition) is 3. The fourth-order valence-electron chi connectivity index (χ4n) is 3.19. The van der Waals surface area contributed by atoms with E-state index in [1.54, 1.807) is 30.6 Å². The third kappa shape index (κ3) is 4.54. The van der Waals surface area contributed by atoms with Crippen LogP contribution in [0, 0.1) is 25.2 Å². The summed E-state index contributed by atoms with van der Waals surface area (Å²) in [7, 11) is 0. The van der Waals surface area contributed by atoms with Crippen molar-refractivity contribution in [3.63, 3.8) is 0 Å². The number of nitrogens with zero attached hydrogens (tertiary/aromatic N) is 3. The zero-order valence-electron chi connectivity index (χ0n) is 16.8. The fraction of sp³-hybridized carbons (Fsp3) is 0.273. The SMILES string of the molecule is Cc1cnc(N=CC(=CN)CNC[C@H](O)c2ccc3c(c2C)COC3=O)cc1C#N. The Morgan fingerprint density at radius 2 is 2.30 bits per heavy atom. The number of aryl methyl sites for hydroxylation is 1. The molecule has 0 saturated heterocycles. The number of aliphatic hydroxyl groups is 1. The van der Waals surface area contributed by atoms with Gasteiger partial charge in [-0.25, -0.2) is 14.8 Å². The third-order valence-electron chi connectivity index (χ3n) is 5.02. The highest BCUT2D eigenvalue weighted by Crippen LogP contribution is 2.28.